The van der Waals surface area contributed by atoms with Crippen molar-refractivity contribution >= 4 is 23.4 Å². The van der Waals surface area contributed by atoms with Crippen LogP contribution in [-0.4, -0.2) is 60.9 Å². The summed E-state index contributed by atoms with van der Waals surface area (Å²) >= 11 is 6.04. The van der Waals surface area contributed by atoms with Gasteiger partial charge in [0.25, 0.3) is 0 Å². The third-order valence-corrected chi connectivity index (χ3v) is 5.92. The van der Waals surface area contributed by atoms with Crippen LogP contribution in [0.15, 0.2) is 24.3 Å². The quantitative estimate of drug-likeness (QED) is 0.857. The third kappa shape index (κ3) is 4.04. The van der Waals surface area contributed by atoms with Crippen LogP contribution in [0.25, 0.3) is 0 Å². The lowest BCUT2D eigenvalue weighted by Gasteiger charge is -2.40. The molecular formula is C20H28ClN3O2. The van der Waals surface area contributed by atoms with Gasteiger partial charge in [0.1, 0.15) is 0 Å². The number of piperazine rings is 1. The predicted molar refractivity (Wildman–Crippen MR) is 103 cm³/mol. The first-order valence-electron chi connectivity index (χ1n) is 9.59. The fraction of sp³-hybridized carbons (Fsp3) is 0.600. The molecule has 5 nitrogen and oxygen atoms in total. The molecule has 0 unspecified atom stereocenters. The summed E-state index contributed by atoms with van der Waals surface area (Å²) in [6, 6.07) is 7.79. The lowest BCUT2D eigenvalue weighted by Crippen LogP contribution is -2.55. The van der Waals surface area contributed by atoms with Crippen LogP contribution in [0.3, 0.4) is 0 Å². The summed E-state index contributed by atoms with van der Waals surface area (Å²) in [5.74, 6) is 0.302. The monoisotopic (exact) mass is 377 g/mol. The van der Waals surface area contributed by atoms with E-state index in [0.717, 1.165) is 44.3 Å². The van der Waals surface area contributed by atoms with E-state index in [1.165, 1.54) is 0 Å². The minimum atomic E-state index is -0.396. The molecule has 2 aliphatic rings. The van der Waals surface area contributed by atoms with Gasteiger partial charge >= 0.3 is 0 Å². The second-order valence-electron chi connectivity index (χ2n) is 7.32. The lowest BCUT2D eigenvalue weighted by molar-refractivity contribution is -0.139. The maximum Gasteiger partial charge on any atom is 0.234 e. The smallest absolute Gasteiger partial charge is 0.234 e. The van der Waals surface area contributed by atoms with Crippen LogP contribution in [0.5, 0.6) is 0 Å². The minimum absolute atomic E-state index is 0.0562. The van der Waals surface area contributed by atoms with Crippen molar-refractivity contribution < 1.29 is 9.59 Å². The van der Waals surface area contributed by atoms with Crippen LogP contribution in [0.4, 0.5) is 0 Å². The number of likely N-dealkylation sites (N-methyl/N-ethyl adjacent to an activating group) is 1. The molecule has 1 saturated heterocycles. The molecule has 1 heterocycles. The Morgan fingerprint density at radius 2 is 1.69 bits per heavy atom. The number of nitrogens with zero attached hydrogens (tertiary/aromatic N) is 2. The highest BCUT2D eigenvalue weighted by Crippen LogP contribution is 2.43. The zero-order chi connectivity index (χ0) is 18.6. The van der Waals surface area contributed by atoms with Crippen LogP contribution in [0.1, 0.15) is 38.2 Å². The molecule has 3 rings (SSSR count). The number of nitrogens with one attached hydrogen (secondary N) is 1. The number of halogens is 1. The van der Waals surface area contributed by atoms with Crippen molar-refractivity contribution in [3.8, 4) is 0 Å². The zero-order valence-corrected chi connectivity index (χ0v) is 16.2. The summed E-state index contributed by atoms with van der Waals surface area (Å²) in [4.78, 5) is 29.3. The van der Waals surface area contributed by atoms with Gasteiger partial charge < -0.3 is 10.2 Å². The first-order chi connectivity index (χ1) is 12.5. The Balaban J connectivity index is 1.66. The zero-order valence-electron chi connectivity index (χ0n) is 15.5. The van der Waals surface area contributed by atoms with Crippen molar-refractivity contribution in [1.29, 1.82) is 0 Å². The number of amides is 2. The largest absolute Gasteiger partial charge is 0.355 e. The Morgan fingerprint density at radius 3 is 2.27 bits per heavy atom. The van der Waals surface area contributed by atoms with E-state index in [4.69, 9.17) is 11.6 Å². The number of carbonyl (C=O) groups excluding carboxylic acids is 2. The van der Waals surface area contributed by atoms with E-state index in [-0.39, 0.29) is 11.8 Å². The normalized spacial score (nSPS) is 20.2. The fourth-order valence-corrected chi connectivity index (χ4v) is 4.37. The van der Waals surface area contributed by atoms with Gasteiger partial charge in [-0.1, -0.05) is 36.6 Å². The van der Waals surface area contributed by atoms with Gasteiger partial charge in [0.15, 0.2) is 0 Å². The molecule has 0 atom stereocenters. The van der Waals surface area contributed by atoms with Gasteiger partial charge in [0, 0.05) is 37.7 Å². The van der Waals surface area contributed by atoms with Gasteiger partial charge in [-0.15, -0.1) is 0 Å². The van der Waals surface area contributed by atoms with Gasteiger partial charge in [-0.05, 0) is 37.5 Å². The SMILES string of the molecule is CCNC(=O)CN1CCN(C(=O)C2(c3ccc(Cl)cc3)CCCC2)CC1. The predicted octanol–water partition coefficient (Wildman–Crippen LogP) is 2.43. The molecule has 1 saturated carbocycles. The Labute approximate surface area is 160 Å². The number of hydrogen-bond acceptors (Lipinski definition) is 3. The average Bonchev–Trinajstić information content (AvgIpc) is 3.13. The van der Waals surface area contributed by atoms with Crippen molar-refractivity contribution in [2.75, 3.05) is 39.3 Å². The highest BCUT2D eigenvalue weighted by Gasteiger charge is 2.45. The van der Waals surface area contributed by atoms with E-state index in [1.807, 2.05) is 36.1 Å². The van der Waals surface area contributed by atoms with Crippen LogP contribution in [0, 0.1) is 0 Å². The second-order valence-corrected chi connectivity index (χ2v) is 7.75. The maximum atomic E-state index is 13.4. The second kappa shape index (κ2) is 8.40. The van der Waals surface area contributed by atoms with E-state index < -0.39 is 5.41 Å². The summed E-state index contributed by atoms with van der Waals surface area (Å²) in [5, 5.41) is 3.53. The van der Waals surface area contributed by atoms with Crippen molar-refractivity contribution in [3.63, 3.8) is 0 Å². The molecule has 1 aromatic rings. The molecule has 142 valence electrons. The summed E-state index contributed by atoms with van der Waals surface area (Å²) in [6.45, 7) is 5.87. The molecule has 2 amide bonds. The van der Waals surface area contributed by atoms with Crippen molar-refractivity contribution in [2.45, 2.75) is 38.0 Å². The summed E-state index contributed by atoms with van der Waals surface area (Å²) in [7, 11) is 0. The van der Waals surface area contributed by atoms with Gasteiger partial charge in [-0.2, -0.15) is 0 Å². The Kier molecular flexibility index (Phi) is 6.20. The molecule has 1 aromatic carbocycles. The van der Waals surface area contributed by atoms with Gasteiger partial charge in [-0.25, -0.2) is 0 Å². The average molecular weight is 378 g/mol. The number of hydrogen-bond donors (Lipinski definition) is 1. The maximum absolute atomic E-state index is 13.4. The molecule has 0 bridgehead atoms. The molecule has 0 spiro atoms. The van der Waals surface area contributed by atoms with Gasteiger partial charge in [0.05, 0.1) is 12.0 Å². The van der Waals surface area contributed by atoms with Crippen LogP contribution in [-0.2, 0) is 15.0 Å². The van der Waals surface area contributed by atoms with Crippen LogP contribution in [0.2, 0.25) is 5.02 Å². The molecule has 1 aliphatic carbocycles. The summed E-state index contributed by atoms with van der Waals surface area (Å²) in [5.41, 5.74) is 0.695. The molecule has 2 fully saturated rings. The standard InChI is InChI=1S/C20H28ClN3O2/c1-2-22-18(25)15-23-11-13-24(14-12-23)19(26)20(9-3-4-10-20)16-5-7-17(21)8-6-16/h5-8H,2-4,9-15H2,1H3,(H,22,25). The molecule has 1 aliphatic heterocycles. The van der Waals surface area contributed by atoms with Crippen LogP contribution >= 0.6 is 11.6 Å². The van der Waals surface area contributed by atoms with Gasteiger partial charge in [0.2, 0.25) is 11.8 Å². The Morgan fingerprint density at radius 1 is 1.08 bits per heavy atom. The Bertz CT molecular complexity index is 633. The van der Waals surface area contributed by atoms with Crippen molar-refractivity contribution in [3.05, 3.63) is 34.9 Å². The first kappa shape index (κ1) is 19.2. The molecule has 0 aromatic heterocycles. The molecule has 0 radical (unpaired) electrons. The summed E-state index contributed by atoms with van der Waals surface area (Å²) < 4.78 is 0. The Hall–Kier alpha value is -1.59. The van der Waals surface area contributed by atoms with Gasteiger partial charge in [-0.3, -0.25) is 14.5 Å². The molecular weight excluding hydrogens is 350 g/mol. The topological polar surface area (TPSA) is 52.7 Å². The van der Waals surface area contributed by atoms with E-state index in [0.29, 0.717) is 31.2 Å². The van der Waals surface area contributed by atoms with E-state index in [1.54, 1.807) is 0 Å². The highest BCUT2D eigenvalue weighted by atomic mass is 35.5. The highest BCUT2D eigenvalue weighted by molar-refractivity contribution is 6.30. The number of rotatable bonds is 5. The molecule has 1 N–H and O–H groups in total. The lowest BCUT2D eigenvalue weighted by atomic mass is 9.77. The van der Waals surface area contributed by atoms with Crippen molar-refractivity contribution in [1.82, 2.24) is 15.1 Å². The third-order valence-electron chi connectivity index (χ3n) is 5.66. The molecule has 26 heavy (non-hydrogen) atoms. The first-order valence-corrected chi connectivity index (χ1v) is 9.97. The molecule has 6 heteroatoms. The number of benzene rings is 1. The van der Waals surface area contributed by atoms with Crippen LogP contribution < -0.4 is 5.32 Å². The van der Waals surface area contributed by atoms with E-state index in [2.05, 4.69) is 10.2 Å². The number of carbonyl (C=O) groups is 2. The van der Waals surface area contributed by atoms with E-state index in [9.17, 15) is 9.59 Å². The summed E-state index contributed by atoms with van der Waals surface area (Å²) in [6.07, 6.45) is 4.00. The fourth-order valence-electron chi connectivity index (χ4n) is 4.24. The van der Waals surface area contributed by atoms with Crippen molar-refractivity contribution in [2.24, 2.45) is 0 Å². The van der Waals surface area contributed by atoms with E-state index >= 15 is 0 Å². The minimum Gasteiger partial charge on any atom is -0.355 e.